The molecule has 4 aromatic heterocycles. The first-order chi connectivity index (χ1) is 19.8. The van der Waals surface area contributed by atoms with Gasteiger partial charge >= 0.3 is 0 Å². The van der Waals surface area contributed by atoms with E-state index in [0.29, 0.717) is 34.1 Å². The van der Waals surface area contributed by atoms with E-state index in [1.807, 2.05) is 36.4 Å². The third kappa shape index (κ3) is 4.61. The summed E-state index contributed by atoms with van der Waals surface area (Å²) in [6, 6.07) is 11.9. The number of fused-ring (bicyclic) bond motifs is 2. The molecule has 0 radical (unpaired) electrons. The number of pyridine rings is 1. The number of hydrogen-bond acceptors (Lipinski definition) is 10. The molecule has 1 aliphatic heterocycles. The Bertz CT molecular complexity index is 1730. The number of nitrogen functional groups attached to an aromatic ring is 1. The number of nitrogens with two attached hydrogens (primary N) is 2. The summed E-state index contributed by atoms with van der Waals surface area (Å²) in [6.45, 7) is -0.0646. The van der Waals surface area contributed by atoms with Crippen LogP contribution in [-0.4, -0.2) is 71.5 Å². The molecule has 2 fully saturated rings. The number of rotatable bonds is 7. The van der Waals surface area contributed by atoms with E-state index in [-0.39, 0.29) is 18.5 Å². The maximum Gasteiger partial charge on any atom is 0.173 e. The van der Waals surface area contributed by atoms with Crippen molar-refractivity contribution in [1.82, 2.24) is 29.3 Å². The third-order valence-electron chi connectivity index (χ3n) is 7.80. The van der Waals surface area contributed by atoms with Crippen molar-refractivity contribution in [3.63, 3.8) is 0 Å². The highest BCUT2D eigenvalue weighted by molar-refractivity contribution is 5.99. The molecule has 2 aliphatic rings. The summed E-state index contributed by atoms with van der Waals surface area (Å²) in [4.78, 5) is 13.1. The van der Waals surface area contributed by atoms with Gasteiger partial charge in [-0.05, 0) is 43.2 Å². The number of nitrogens with zero attached hydrogens (tertiary/aromatic N) is 6. The number of aryl methyl sites for hydroxylation is 1. The van der Waals surface area contributed by atoms with Crippen LogP contribution in [-0.2, 0) is 11.8 Å². The summed E-state index contributed by atoms with van der Waals surface area (Å²) in [7, 11) is 1.80. The van der Waals surface area contributed by atoms with Crippen molar-refractivity contribution in [3.05, 3.63) is 55.1 Å². The van der Waals surface area contributed by atoms with Crippen LogP contribution in [0.1, 0.15) is 19.1 Å². The standard InChI is InChI=1S/C28H30FN9O3/c1-37-7-6-19(36-37)18-11-38(27-23(18)26(31)32-13-33-27)28-24(29)25(39)21(41-28)12-40-17-4-2-14-3-5-22(35-20(14)10-17)34-16-8-15(30)9-16/h2-7,10-11,13,15-16,21,24-25,28,39H,8-9,12,30H2,1H3,(H,34,35)(H2,31,32,33)/t15-,16-,21-,24+,25-,28-/m1/s1. The van der Waals surface area contributed by atoms with Crippen LogP contribution < -0.4 is 21.5 Å². The summed E-state index contributed by atoms with van der Waals surface area (Å²) in [5.41, 5.74) is 14.5. The van der Waals surface area contributed by atoms with Crippen LogP contribution in [0.3, 0.4) is 0 Å². The van der Waals surface area contributed by atoms with Crippen LogP contribution in [0.2, 0.25) is 0 Å². The Balaban J connectivity index is 1.10. The molecule has 5 aromatic rings. The number of aromatic nitrogens is 6. The molecule has 41 heavy (non-hydrogen) atoms. The minimum atomic E-state index is -1.74. The van der Waals surface area contributed by atoms with Gasteiger partial charge in [-0.1, -0.05) is 0 Å². The Morgan fingerprint density at radius 1 is 1.20 bits per heavy atom. The minimum Gasteiger partial charge on any atom is -0.491 e. The van der Waals surface area contributed by atoms with Crippen LogP contribution in [0.15, 0.2) is 55.1 Å². The summed E-state index contributed by atoms with van der Waals surface area (Å²) < 4.78 is 30.7. The number of halogens is 1. The van der Waals surface area contributed by atoms with Gasteiger partial charge in [0.1, 0.15) is 48.2 Å². The van der Waals surface area contributed by atoms with Gasteiger partial charge in [0.25, 0.3) is 0 Å². The number of aliphatic hydroxyl groups is 1. The maximum absolute atomic E-state index is 15.5. The highest BCUT2D eigenvalue weighted by Crippen LogP contribution is 2.39. The van der Waals surface area contributed by atoms with Crippen LogP contribution in [0.5, 0.6) is 5.75 Å². The van der Waals surface area contributed by atoms with E-state index in [1.54, 1.807) is 24.1 Å². The second-order valence-corrected chi connectivity index (χ2v) is 10.7. The Morgan fingerprint density at radius 3 is 2.80 bits per heavy atom. The fraction of sp³-hybridized carbons (Fsp3) is 0.357. The lowest BCUT2D eigenvalue weighted by molar-refractivity contribution is -0.0410. The number of alkyl halides is 1. The van der Waals surface area contributed by atoms with E-state index >= 15 is 4.39 Å². The molecule has 13 heteroatoms. The molecule has 1 aliphatic carbocycles. The molecule has 212 valence electrons. The summed E-state index contributed by atoms with van der Waals surface area (Å²) >= 11 is 0. The quantitative estimate of drug-likeness (QED) is 0.233. The zero-order valence-electron chi connectivity index (χ0n) is 22.3. The van der Waals surface area contributed by atoms with Gasteiger partial charge in [0, 0.05) is 48.5 Å². The largest absolute Gasteiger partial charge is 0.491 e. The van der Waals surface area contributed by atoms with Gasteiger partial charge in [-0.15, -0.1) is 0 Å². The Kier molecular flexibility index (Phi) is 6.21. The Labute approximate surface area is 234 Å². The number of aliphatic hydroxyl groups excluding tert-OH is 1. The molecule has 1 saturated carbocycles. The second-order valence-electron chi connectivity index (χ2n) is 10.7. The number of ether oxygens (including phenoxy) is 2. The molecule has 1 saturated heterocycles. The van der Waals surface area contributed by atoms with Crippen molar-refractivity contribution in [1.29, 1.82) is 0 Å². The highest BCUT2D eigenvalue weighted by Gasteiger charge is 2.46. The number of benzene rings is 1. The molecule has 7 rings (SSSR count). The summed E-state index contributed by atoms with van der Waals surface area (Å²) in [5, 5.41) is 20.1. The first kappa shape index (κ1) is 25.6. The van der Waals surface area contributed by atoms with Crippen LogP contribution >= 0.6 is 0 Å². The fourth-order valence-corrected chi connectivity index (χ4v) is 5.55. The monoisotopic (exact) mass is 559 g/mol. The Morgan fingerprint density at radius 2 is 2.02 bits per heavy atom. The van der Waals surface area contributed by atoms with E-state index in [9.17, 15) is 5.11 Å². The summed E-state index contributed by atoms with van der Waals surface area (Å²) in [5.74, 6) is 1.55. The van der Waals surface area contributed by atoms with Gasteiger partial charge < -0.3 is 35.9 Å². The average Bonchev–Trinajstić information content (AvgIpc) is 3.63. The molecule has 4 atom stereocenters. The van der Waals surface area contributed by atoms with E-state index < -0.39 is 24.6 Å². The van der Waals surface area contributed by atoms with Crippen molar-refractivity contribution in [3.8, 4) is 17.0 Å². The third-order valence-corrected chi connectivity index (χ3v) is 7.80. The van der Waals surface area contributed by atoms with Crippen molar-refractivity contribution in [2.24, 2.45) is 12.8 Å². The summed E-state index contributed by atoms with van der Waals surface area (Å²) in [6.07, 6.45) is 1.40. The van der Waals surface area contributed by atoms with Gasteiger partial charge in [0.05, 0.1) is 16.6 Å². The molecule has 5 heterocycles. The predicted molar refractivity (Wildman–Crippen MR) is 151 cm³/mol. The first-order valence-corrected chi connectivity index (χ1v) is 13.5. The number of nitrogens with one attached hydrogen (secondary N) is 1. The van der Waals surface area contributed by atoms with Crippen molar-refractivity contribution >= 4 is 33.6 Å². The van der Waals surface area contributed by atoms with Crippen LogP contribution in [0.4, 0.5) is 16.0 Å². The number of anilines is 2. The lowest BCUT2D eigenvalue weighted by Gasteiger charge is -2.33. The molecule has 1 aromatic carbocycles. The lowest BCUT2D eigenvalue weighted by atomic mass is 9.88. The molecular weight excluding hydrogens is 529 g/mol. The number of hydrogen-bond donors (Lipinski definition) is 4. The topological polar surface area (TPSA) is 164 Å². The SMILES string of the molecule is Cn1ccc(-c2cn([C@@H]3O[C@H](COc4ccc5ccc(N[C@H]6C[C@H](N)C6)nc5c4)[C@@H](O)[C@@H]3F)c3ncnc(N)c23)n1. The van der Waals surface area contributed by atoms with Gasteiger partial charge in [-0.3, -0.25) is 4.68 Å². The molecular formula is C28H30FN9O3. The molecule has 0 amide bonds. The zero-order chi connectivity index (χ0) is 28.2. The zero-order valence-corrected chi connectivity index (χ0v) is 22.3. The molecule has 0 unspecified atom stereocenters. The molecule has 0 spiro atoms. The lowest BCUT2D eigenvalue weighted by Crippen LogP contribution is -2.44. The molecule has 0 bridgehead atoms. The Hall–Kier alpha value is -4.33. The van der Waals surface area contributed by atoms with E-state index in [0.717, 1.165) is 29.6 Å². The van der Waals surface area contributed by atoms with Crippen molar-refractivity contribution in [2.75, 3.05) is 17.7 Å². The van der Waals surface area contributed by atoms with Crippen molar-refractivity contribution < 1.29 is 19.0 Å². The highest BCUT2D eigenvalue weighted by atomic mass is 19.1. The normalized spacial score (nSPS) is 26.0. The molecule has 6 N–H and O–H groups in total. The van der Waals surface area contributed by atoms with Gasteiger partial charge in [-0.25, -0.2) is 19.3 Å². The van der Waals surface area contributed by atoms with Crippen LogP contribution in [0, 0.1) is 0 Å². The maximum atomic E-state index is 15.5. The minimum absolute atomic E-state index is 0.0646. The smallest absolute Gasteiger partial charge is 0.173 e. The van der Waals surface area contributed by atoms with Gasteiger partial charge in [0.15, 0.2) is 12.4 Å². The van der Waals surface area contributed by atoms with Crippen LogP contribution in [0.25, 0.3) is 33.2 Å². The fourth-order valence-electron chi connectivity index (χ4n) is 5.55. The van der Waals surface area contributed by atoms with Crippen molar-refractivity contribution in [2.45, 2.75) is 49.5 Å². The van der Waals surface area contributed by atoms with Gasteiger partial charge in [0.2, 0.25) is 0 Å². The van der Waals surface area contributed by atoms with E-state index in [2.05, 4.69) is 20.4 Å². The average molecular weight is 560 g/mol. The first-order valence-electron chi connectivity index (χ1n) is 13.5. The van der Waals surface area contributed by atoms with Gasteiger partial charge in [-0.2, -0.15) is 5.10 Å². The van der Waals surface area contributed by atoms with E-state index in [4.69, 9.17) is 25.9 Å². The second kappa shape index (κ2) is 9.94. The predicted octanol–water partition coefficient (Wildman–Crippen LogP) is 2.54. The van der Waals surface area contributed by atoms with E-state index in [1.165, 1.54) is 10.9 Å². The molecule has 12 nitrogen and oxygen atoms in total.